The highest BCUT2D eigenvalue weighted by atomic mass is 19.4. The van der Waals surface area contributed by atoms with Crippen molar-refractivity contribution < 1.29 is 22.8 Å². The number of amides is 2. The number of hydrogen-bond acceptors (Lipinski definition) is 2. The van der Waals surface area contributed by atoms with Crippen LogP contribution in [0.5, 0.6) is 0 Å². The summed E-state index contributed by atoms with van der Waals surface area (Å²) in [5, 5.41) is 5.15. The number of carbonyl (C=O) groups excluding carboxylic acids is 2. The van der Waals surface area contributed by atoms with Gasteiger partial charge in [0.1, 0.15) is 0 Å². The van der Waals surface area contributed by atoms with Crippen molar-refractivity contribution in [1.82, 2.24) is 5.32 Å². The monoisotopic (exact) mass is 376 g/mol. The molecule has 1 aliphatic carbocycles. The van der Waals surface area contributed by atoms with Gasteiger partial charge in [-0.25, -0.2) is 0 Å². The van der Waals surface area contributed by atoms with Gasteiger partial charge in [-0.3, -0.25) is 9.59 Å². The summed E-state index contributed by atoms with van der Waals surface area (Å²) in [5.41, 5.74) is -0.261. The molecular weight excluding hydrogens is 357 g/mol. The van der Waals surface area contributed by atoms with Crippen molar-refractivity contribution in [2.24, 2.45) is 11.8 Å². The maximum absolute atomic E-state index is 13.0. The van der Waals surface area contributed by atoms with Crippen molar-refractivity contribution in [1.29, 1.82) is 0 Å². The number of nitrogens with one attached hydrogen (secondary N) is 2. The van der Waals surface area contributed by atoms with E-state index < -0.39 is 29.5 Å². The van der Waals surface area contributed by atoms with Gasteiger partial charge in [-0.15, -0.1) is 0 Å². The Hall–Kier alpha value is -2.83. The van der Waals surface area contributed by atoms with Gasteiger partial charge in [-0.05, 0) is 31.0 Å². The van der Waals surface area contributed by atoms with Crippen molar-refractivity contribution in [2.45, 2.75) is 25.6 Å². The molecule has 4 nitrogen and oxygen atoms in total. The van der Waals surface area contributed by atoms with E-state index in [-0.39, 0.29) is 17.6 Å². The molecule has 0 bridgehead atoms. The average molecular weight is 376 g/mol. The Labute approximate surface area is 154 Å². The minimum atomic E-state index is -4.56. The molecule has 0 saturated heterocycles. The van der Waals surface area contributed by atoms with E-state index in [0.29, 0.717) is 6.42 Å². The van der Waals surface area contributed by atoms with Crippen molar-refractivity contribution in [2.75, 3.05) is 5.32 Å². The number of benzene rings is 2. The Bertz CT molecular complexity index is 837. The van der Waals surface area contributed by atoms with Gasteiger partial charge in [0.15, 0.2) is 0 Å². The molecule has 2 aromatic carbocycles. The van der Waals surface area contributed by atoms with Crippen LogP contribution in [0.15, 0.2) is 54.6 Å². The lowest BCUT2D eigenvalue weighted by Crippen LogP contribution is -2.30. The highest BCUT2D eigenvalue weighted by Crippen LogP contribution is 2.41. The van der Waals surface area contributed by atoms with E-state index in [0.717, 1.165) is 11.6 Å². The molecule has 142 valence electrons. The van der Waals surface area contributed by atoms with E-state index in [1.165, 1.54) is 18.2 Å². The molecular formula is C20H19F3N2O2. The molecule has 7 heteroatoms. The highest BCUT2D eigenvalue weighted by molar-refractivity contribution is 6.00. The van der Waals surface area contributed by atoms with Crippen LogP contribution in [0.1, 0.15) is 30.5 Å². The van der Waals surface area contributed by atoms with Crippen LogP contribution in [0.25, 0.3) is 0 Å². The van der Waals surface area contributed by atoms with Crippen LogP contribution in [0, 0.1) is 11.8 Å². The molecule has 0 radical (unpaired) electrons. The molecule has 0 heterocycles. The van der Waals surface area contributed by atoms with E-state index in [2.05, 4.69) is 10.6 Å². The molecule has 0 aromatic heterocycles. The Morgan fingerprint density at radius 1 is 0.963 bits per heavy atom. The molecule has 2 N–H and O–H groups in total. The van der Waals surface area contributed by atoms with Gasteiger partial charge in [0.05, 0.1) is 29.1 Å². The first kappa shape index (κ1) is 18.9. The van der Waals surface area contributed by atoms with Gasteiger partial charge in [-0.2, -0.15) is 13.2 Å². The van der Waals surface area contributed by atoms with Gasteiger partial charge in [0.2, 0.25) is 11.8 Å². The van der Waals surface area contributed by atoms with Gasteiger partial charge in [0.25, 0.3) is 0 Å². The van der Waals surface area contributed by atoms with Crippen molar-refractivity contribution in [3.63, 3.8) is 0 Å². The molecule has 0 aliphatic heterocycles. The first-order chi connectivity index (χ1) is 12.8. The summed E-state index contributed by atoms with van der Waals surface area (Å²) < 4.78 is 39.0. The molecule has 0 spiro atoms. The zero-order valence-corrected chi connectivity index (χ0v) is 14.6. The quantitative estimate of drug-likeness (QED) is 0.823. The third kappa shape index (κ3) is 4.48. The second-order valence-corrected chi connectivity index (χ2v) is 6.62. The Morgan fingerprint density at radius 3 is 2.22 bits per heavy atom. The smallest absolute Gasteiger partial charge is 0.349 e. The predicted octanol–water partition coefficient (Wildman–Crippen LogP) is 4.16. The largest absolute Gasteiger partial charge is 0.418 e. The lowest BCUT2D eigenvalue weighted by atomic mass is 10.1. The van der Waals surface area contributed by atoms with Gasteiger partial charge in [0, 0.05) is 0 Å². The van der Waals surface area contributed by atoms with Crippen LogP contribution in [0.3, 0.4) is 0 Å². The number of hydrogen-bond donors (Lipinski definition) is 2. The molecule has 3 rings (SSSR count). The molecule has 1 saturated carbocycles. The molecule has 2 amide bonds. The van der Waals surface area contributed by atoms with E-state index in [9.17, 15) is 22.8 Å². The van der Waals surface area contributed by atoms with Crippen LogP contribution in [0.2, 0.25) is 0 Å². The molecule has 3 atom stereocenters. The topological polar surface area (TPSA) is 58.2 Å². The number of rotatable bonds is 5. The molecule has 3 unspecified atom stereocenters. The number of halogens is 3. The van der Waals surface area contributed by atoms with Crippen LogP contribution in [-0.4, -0.2) is 11.8 Å². The van der Waals surface area contributed by atoms with Crippen LogP contribution in [-0.2, 0) is 15.8 Å². The van der Waals surface area contributed by atoms with Gasteiger partial charge < -0.3 is 10.6 Å². The summed E-state index contributed by atoms with van der Waals surface area (Å²) in [5.74, 6) is -1.97. The Balaban J connectivity index is 1.59. The minimum Gasteiger partial charge on any atom is -0.349 e. The highest BCUT2D eigenvalue weighted by Gasteiger charge is 2.48. The summed E-state index contributed by atoms with van der Waals surface area (Å²) in [6.45, 7) is 1.84. The standard InChI is InChI=1S/C20H19F3N2O2/c1-12(13-7-3-2-4-8-13)24-18(26)14-11-15(14)19(27)25-17-10-6-5-9-16(17)20(21,22)23/h2-10,12,14-15H,11H2,1H3,(H,24,26)(H,25,27). The number of anilines is 1. The summed E-state index contributed by atoms with van der Waals surface area (Å²) in [6, 6.07) is 14.0. The fourth-order valence-electron chi connectivity index (χ4n) is 2.98. The van der Waals surface area contributed by atoms with E-state index in [1.54, 1.807) is 0 Å². The second kappa shape index (κ2) is 7.42. The predicted molar refractivity (Wildman–Crippen MR) is 94.7 cm³/mol. The maximum atomic E-state index is 13.0. The lowest BCUT2D eigenvalue weighted by Gasteiger charge is -2.15. The first-order valence-electron chi connectivity index (χ1n) is 8.60. The summed E-state index contributed by atoms with van der Waals surface area (Å²) in [7, 11) is 0. The molecule has 1 fully saturated rings. The van der Waals surface area contributed by atoms with Crippen molar-refractivity contribution in [3.05, 3.63) is 65.7 Å². The summed E-state index contributed by atoms with van der Waals surface area (Å²) in [6.07, 6.45) is -4.23. The Kier molecular flexibility index (Phi) is 5.21. The third-order valence-corrected chi connectivity index (χ3v) is 4.61. The van der Waals surface area contributed by atoms with E-state index in [4.69, 9.17) is 0 Å². The zero-order valence-electron chi connectivity index (χ0n) is 14.6. The first-order valence-corrected chi connectivity index (χ1v) is 8.60. The Morgan fingerprint density at radius 2 is 1.56 bits per heavy atom. The average Bonchev–Trinajstić information content (AvgIpc) is 3.43. The zero-order chi connectivity index (χ0) is 19.6. The fraction of sp³-hybridized carbons (Fsp3) is 0.300. The SMILES string of the molecule is CC(NC(=O)C1CC1C(=O)Nc1ccccc1C(F)(F)F)c1ccccc1. The fourth-order valence-corrected chi connectivity index (χ4v) is 2.98. The van der Waals surface area contributed by atoms with Crippen molar-refractivity contribution in [3.8, 4) is 0 Å². The number of alkyl halides is 3. The normalized spacial score (nSPS) is 19.9. The molecule has 1 aliphatic rings. The minimum absolute atomic E-state index is 0.214. The van der Waals surface area contributed by atoms with Gasteiger partial charge >= 0.3 is 6.18 Å². The number of para-hydroxylation sites is 1. The second-order valence-electron chi connectivity index (χ2n) is 6.62. The maximum Gasteiger partial charge on any atom is 0.418 e. The van der Waals surface area contributed by atoms with Crippen LogP contribution >= 0.6 is 0 Å². The molecule has 2 aromatic rings. The summed E-state index contributed by atoms with van der Waals surface area (Å²) in [4.78, 5) is 24.6. The van der Waals surface area contributed by atoms with E-state index in [1.807, 2.05) is 37.3 Å². The van der Waals surface area contributed by atoms with E-state index >= 15 is 0 Å². The lowest BCUT2D eigenvalue weighted by molar-refractivity contribution is -0.137. The molecule has 27 heavy (non-hydrogen) atoms. The number of carbonyl (C=O) groups is 2. The van der Waals surface area contributed by atoms with Crippen molar-refractivity contribution >= 4 is 17.5 Å². The van der Waals surface area contributed by atoms with Crippen LogP contribution < -0.4 is 10.6 Å². The summed E-state index contributed by atoms with van der Waals surface area (Å²) >= 11 is 0. The van der Waals surface area contributed by atoms with Gasteiger partial charge in [-0.1, -0.05) is 42.5 Å². The third-order valence-electron chi connectivity index (χ3n) is 4.61. The van der Waals surface area contributed by atoms with Crippen LogP contribution in [0.4, 0.5) is 18.9 Å².